The molecule has 1 fully saturated rings. The Kier molecular flexibility index (Phi) is 7.78. The summed E-state index contributed by atoms with van der Waals surface area (Å²) in [7, 11) is 0. The van der Waals surface area contributed by atoms with Gasteiger partial charge in [0, 0.05) is 11.8 Å². The van der Waals surface area contributed by atoms with Gasteiger partial charge in [-0.2, -0.15) is 0 Å². The van der Waals surface area contributed by atoms with Crippen LogP contribution < -0.4 is 4.74 Å². The molecule has 0 saturated carbocycles. The highest BCUT2D eigenvalue weighted by Gasteiger charge is 2.46. The third kappa shape index (κ3) is 5.52. The molecular weight excluding hydrogens is 500 g/mol. The highest BCUT2D eigenvalue weighted by Crippen LogP contribution is 2.41. The Bertz CT molecular complexity index is 1540. The number of hydrogen-bond donors (Lipinski definition) is 1. The molecule has 0 spiro atoms. The lowest BCUT2D eigenvalue weighted by atomic mass is 9.93. The first-order valence-electron chi connectivity index (χ1n) is 13.4. The zero-order chi connectivity index (χ0) is 28.2. The maximum Gasteiger partial charge on any atom is 0.296 e. The van der Waals surface area contributed by atoms with Crippen molar-refractivity contribution in [1.82, 2.24) is 9.88 Å². The van der Waals surface area contributed by atoms with E-state index in [1.807, 2.05) is 73.7 Å². The average Bonchev–Trinajstić information content (AvgIpc) is 3.22. The van der Waals surface area contributed by atoms with E-state index >= 15 is 0 Å². The van der Waals surface area contributed by atoms with Gasteiger partial charge >= 0.3 is 0 Å². The van der Waals surface area contributed by atoms with Crippen molar-refractivity contribution in [3.05, 3.63) is 136 Å². The largest absolute Gasteiger partial charge is 0.507 e. The first-order valence-corrected chi connectivity index (χ1v) is 13.4. The summed E-state index contributed by atoms with van der Waals surface area (Å²) in [5, 5.41) is 11.5. The SMILES string of the molecule is Cc1cc(/C(O)=C2/C(=O)C(=O)N(Cc3ccccn3)C2c2ccc(C(C)C)cc2)ccc1OCc1ccccc1. The topological polar surface area (TPSA) is 79.7 Å². The van der Waals surface area contributed by atoms with Crippen LogP contribution >= 0.6 is 0 Å². The van der Waals surface area contributed by atoms with Crippen LogP contribution in [0.4, 0.5) is 0 Å². The molecule has 1 N–H and O–H groups in total. The standard InChI is InChI=1S/C34H32N2O4/c1-22(2)25-12-14-26(15-13-25)31-30(33(38)34(39)36(31)20-28-11-7-8-18-35-28)32(37)27-16-17-29(23(3)19-27)40-21-24-9-5-4-6-10-24/h4-19,22,31,37H,20-21H2,1-3H3/b32-30-. The Morgan fingerprint density at radius 3 is 2.33 bits per heavy atom. The fourth-order valence-electron chi connectivity index (χ4n) is 4.97. The van der Waals surface area contributed by atoms with E-state index < -0.39 is 17.7 Å². The quantitative estimate of drug-likeness (QED) is 0.155. The number of pyridine rings is 1. The molecule has 202 valence electrons. The molecule has 1 amide bonds. The fraction of sp³-hybridized carbons (Fsp3) is 0.206. The highest BCUT2D eigenvalue weighted by atomic mass is 16.5. The summed E-state index contributed by atoms with van der Waals surface area (Å²) in [6, 6.07) is 27.7. The van der Waals surface area contributed by atoms with E-state index in [1.54, 1.807) is 30.5 Å². The summed E-state index contributed by atoms with van der Waals surface area (Å²) in [5.74, 6) is -0.577. The second kappa shape index (κ2) is 11.6. The minimum atomic E-state index is -0.752. The maximum absolute atomic E-state index is 13.4. The van der Waals surface area contributed by atoms with Crippen LogP contribution in [-0.4, -0.2) is 26.7 Å². The number of ether oxygens (including phenoxy) is 1. The van der Waals surface area contributed by atoms with Gasteiger partial charge in [0.25, 0.3) is 11.7 Å². The summed E-state index contributed by atoms with van der Waals surface area (Å²) in [5.41, 5.74) is 4.92. The molecule has 6 heteroatoms. The van der Waals surface area contributed by atoms with Crippen molar-refractivity contribution in [2.75, 3.05) is 0 Å². The smallest absolute Gasteiger partial charge is 0.296 e. The third-order valence-corrected chi connectivity index (χ3v) is 7.20. The number of amides is 1. The number of aliphatic hydroxyl groups is 1. The second-order valence-corrected chi connectivity index (χ2v) is 10.3. The van der Waals surface area contributed by atoms with E-state index in [0.29, 0.717) is 29.5 Å². The monoisotopic (exact) mass is 532 g/mol. The van der Waals surface area contributed by atoms with Gasteiger partial charge in [-0.05, 0) is 65.4 Å². The Hall–Kier alpha value is -4.71. The summed E-state index contributed by atoms with van der Waals surface area (Å²) < 4.78 is 5.99. The van der Waals surface area contributed by atoms with Crippen LogP contribution in [0.1, 0.15) is 59.3 Å². The lowest BCUT2D eigenvalue weighted by Crippen LogP contribution is -2.29. The molecule has 4 aromatic rings. The zero-order valence-corrected chi connectivity index (χ0v) is 22.9. The van der Waals surface area contributed by atoms with Gasteiger partial charge < -0.3 is 14.7 Å². The van der Waals surface area contributed by atoms with Gasteiger partial charge in [-0.1, -0.05) is 74.5 Å². The van der Waals surface area contributed by atoms with Crippen molar-refractivity contribution in [3.8, 4) is 5.75 Å². The van der Waals surface area contributed by atoms with Crippen molar-refractivity contribution < 1.29 is 19.4 Å². The van der Waals surface area contributed by atoms with Crippen LogP contribution in [0.15, 0.2) is 103 Å². The predicted octanol–water partition coefficient (Wildman–Crippen LogP) is 6.71. The Morgan fingerprint density at radius 2 is 1.68 bits per heavy atom. The van der Waals surface area contributed by atoms with E-state index in [0.717, 1.165) is 22.3 Å². The molecule has 0 radical (unpaired) electrons. The molecule has 1 saturated heterocycles. The molecule has 1 aliphatic heterocycles. The Balaban J connectivity index is 1.52. The summed E-state index contributed by atoms with van der Waals surface area (Å²) in [6.07, 6.45) is 1.66. The van der Waals surface area contributed by atoms with Crippen molar-refractivity contribution in [1.29, 1.82) is 0 Å². The number of aromatic nitrogens is 1. The number of carbonyl (C=O) groups is 2. The number of nitrogens with zero attached hydrogens (tertiary/aromatic N) is 2. The van der Waals surface area contributed by atoms with Crippen LogP contribution in [0.3, 0.4) is 0 Å². The molecule has 5 rings (SSSR count). The van der Waals surface area contributed by atoms with Crippen LogP contribution in [-0.2, 0) is 22.7 Å². The van der Waals surface area contributed by atoms with Crippen LogP contribution in [0.2, 0.25) is 0 Å². The number of benzene rings is 3. The maximum atomic E-state index is 13.4. The highest BCUT2D eigenvalue weighted by molar-refractivity contribution is 6.46. The molecule has 6 nitrogen and oxygen atoms in total. The lowest BCUT2D eigenvalue weighted by molar-refractivity contribution is -0.140. The number of aryl methyl sites for hydroxylation is 1. The van der Waals surface area contributed by atoms with Gasteiger partial charge in [0.15, 0.2) is 0 Å². The number of Topliss-reactive ketones (excluding diaryl/α,β-unsaturated/α-hetero) is 1. The van der Waals surface area contributed by atoms with Gasteiger partial charge in [-0.3, -0.25) is 14.6 Å². The fourth-order valence-corrected chi connectivity index (χ4v) is 4.97. The van der Waals surface area contributed by atoms with Gasteiger partial charge in [0.05, 0.1) is 23.9 Å². The molecule has 40 heavy (non-hydrogen) atoms. The van der Waals surface area contributed by atoms with Crippen molar-refractivity contribution in [2.24, 2.45) is 0 Å². The van der Waals surface area contributed by atoms with E-state index in [-0.39, 0.29) is 17.9 Å². The number of hydrogen-bond acceptors (Lipinski definition) is 5. The first kappa shape index (κ1) is 26.9. The Morgan fingerprint density at radius 1 is 0.950 bits per heavy atom. The molecule has 0 bridgehead atoms. The summed E-state index contributed by atoms with van der Waals surface area (Å²) in [4.78, 5) is 32.6. The van der Waals surface area contributed by atoms with Crippen LogP contribution in [0.5, 0.6) is 5.75 Å². The van der Waals surface area contributed by atoms with Crippen molar-refractivity contribution >= 4 is 17.4 Å². The van der Waals surface area contributed by atoms with Gasteiger partial charge in [0.2, 0.25) is 0 Å². The average molecular weight is 533 g/mol. The van der Waals surface area contributed by atoms with Crippen molar-refractivity contribution in [3.63, 3.8) is 0 Å². The molecule has 0 aliphatic carbocycles. The second-order valence-electron chi connectivity index (χ2n) is 10.3. The number of ketones is 1. The van der Waals surface area contributed by atoms with Gasteiger partial charge in [-0.15, -0.1) is 0 Å². The van der Waals surface area contributed by atoms with Crippen LogP contribution in [0, 0.1) is 6.92 Å². The number of carbonyl (C=O) groups excluding carboxylic acids is 2. The normalized spacial score (nSPS) is 16.5. The minimum absolute atomic E-state index is 0.0654. The van der Waals surface area contributed by atoms with Crippen molar-refractivity contribution in [2.45, 2.75) is 45.9 Å². The predicted molar refractivity (Wildman–Crippen MR) is 155 cm³/mol. The molecule has 2 heterocycles. The van der Waals surface area contributed by atoms with E-state index in [9.17, 15) is 14.7 Å². The number of rotatable bonds is 8. The summed E-state index contributed by atoms with van der Waals surface area (Å²) >= 11 is 0. The summed E-state index contributed by atoms with van der Waals surface area (Å²) in [6.45, 7) is 6.66. The zero-order valence-electron chi connectivity index (χ0n) is 22.9. The first-order chi connectivity index (χ1) is 19.3. The van der Waals surface area contributed by atoms with Gasteiger partial charge in [0.1, 0.15) is 18.1 Å². The van der Waals surface area contributed by atoms with Crippen LogP contribution in [0.25, 0.3) is 5.76 Å². The molecule has 1 aromatic heterocycles. The molecule has 1 atom stereocenters. The number of aliphatic hydroxyl groups excluding tert-OH is 1. The van der Waals surface area contributed by atoms with E-state index in [2.05, 4.69) is 18.8 Å². The third-order valence-electron chi connectivity index (χ3n) is 7.20. The molecule has 1 unspecified atom stereocenters. The lowest BCUT2D eigenvalue weighted by Gasteiger charge is -2.25. The van der Waals surface area contributed by atoms with Gasteiger partial charge in [-0.25, -0.2) is 0 Å². The van der Waals surface area contributed by atoms with E-state index in [4.69, 9.17) is 4.74 Å². The Labute approximate surface area is 234 Å². The molecular formula is C34H32N2O4. The number of likely N-dealkylation sites (tertiary alicyclic amines) is 1. The minimum Gasteiger partial charge on any atom is -0.507 e. The van der Waals surface area contributed by atoms with E-state index in [1.165, 1.54) is 4.90 Å². The molecule has 3 aromatic carbocycles. The molecule has 1 aliphatic rings.